The highest BCUT2D eigenvalue weighted by Crippen LogP contribution is 2.16. The van der Waals surface area contributed by atoms with Gasteiger partial charge in [0.15, 0.2) is 0 Å². The summed E-state index contributed by atoms with van der Waals surface area (Å²) in [6.45, 7) is 4.40. The number of ether oxygens (including phenoxy) is 1. The van der Waals surface area contributed by atoms with Crippen molar-refractivity contribution in [3.8, 4) is 0 Å². The smallest absolute Gasteiger partial charge is 0.248 e. The van der Waals surface area contributed by atoms with Crippen LogP contribution in [0.15, 0.2) is 24.3 Å². The fourth-order valence-corrected chi connectivity index (χ4v) is 2.19. The van der Waals surface area contributed by atoms with Crippen LogP contribution in [0, 0.1) is 0 Å². The van der Waals surface area contributed by atoms with Crippen molar-refractivity contribution in [3.63, 3.8) is 0 Å². The summed E-state index contributed by atoms with van der Waals surface area (Å²) in [5.74, 6) is 0.0137. The third-order valence-corrected chi connectivity index (χ3v) is 3.84. The van der Waals surface area contributed by atoms with Crippen molar-refractivity contribution in [3.05, 3.63) is 29.8 Å². The van der Waals surface area contributed by atoms with Crippen LogP contribution >= 0.6 is 0 Å². The molecule has 0 aliphatic carbocycles. The first kappa shape index (κ1) is 15.8. The van der Waals surface area contributed by atoms with Crippen LogP contribution < -0.4 is 10.2 Å². The summed E-state index contributed by atoms with van der Waals surface area (Å²) in [6, 6.07) is 8.23. The molecule has 0 unspecified atom stereocenters. The lowest BCUT2D eigenvalue weighted by molar-refractivity contribution is -0.145. The maximum absolute atomic E-state index is 12.1. The van der Waals surface area contributed by atoms with Crippen LogP contribution in [0.3, 0.4) is 0 Å². The highest BCUT2D eigenvalue weighted by molar-refractivity contribution is 5.77. The number of carbonyl (C=O) groups excluding carboxylic acids is 1. The van der Waals surface area contributed by atoms with E-state index in [2.05, 4.69) is 34.5 Å². The quantitative estimate of drug-likeness (QED) is 0.852. The van der Waals surface area contributed by atoms with E-state index in [1.54, 1.807) is 4.90 Å². The minimum absolute atomic E-state index is 0.0137. The average Bonchev–Trinajstić information content (AvgIpc) is 2.43. The average molecular weight is 291 g/mol. The molecule has 0 radical (unpaired) electrons. The number of benzene rings is 1. The molecule has 0 aromatic heterocycles. The molecule has 1 fully saturated rings. The number of hydrogen-bond acceptors (Lipinski definition) is 4. The normalized spacial score (nSPS) is 16.2. The zero-order chi connectivity index (χ0) is 15.5. The molecule has 2 rings (SSSR count). The Morgan fingerprint density at radius 2 is 1.86 bits per heavy atom. The van der Waals surface area contributed by atoms with Gasteiger partial charge in [0, 0.05) is 46.5 Å². The van der Waals surface area contributed by atoms with E-state index in [-0.39, 0.29) is 18.1 Å². The first-order valence-electron chi connectivity index (χ1n) is 7.24. The number of hydrogen-bond donors (Lipinski definition) is 1. The van der Waals surface area contributed by atoms with E-state index in [9.17, 15) is 4.79 Å². The Kier molecular flexibility index (Phi) is 4.85. The van der Waals surface area contributed by atoms with Crippen molar-refractivity contribution in [2.24, 2.45) is 0 Å². The molecule has 1 aliphatic rings. The van der Waals surface area contributed by atoms with Gasteiger partial charge in [0.2, 0.25) is 5.91 Å². The van der Waals surface area contributed by atoms with Gasteiger partial charge in [0.25, 0.3) is 0 Å². The van der Waals surface area contributed by atoms with Gasteiger partial charge in [-0.2, -0.15) is 0 Å². The summed E-state index contributed by atoms with van der Waals surface area (Å²) in [7, 11) is 5.84. The number of amides is 1. The molecule has 1 N–H and O–H groups in total. The van der Waals surface area contributed by atoms with Gasteiger partial charge in [0.1, 0.15) is 6.61 Å². The van der Waals surface area contributed by atoms with E-state index < -0.39 is 0 Å². The van der Waals surface area contributed by atoms with Gasteiger partial charge in [-0.3, -0.25) is 4.79 Å². The molecule has 116 valence electrons. The zero-order valence-corrected chi connectivity index (χ0v) is 13.3. The number of anilines is 1. The first-order chi connectivity index (χ1) is 9.89. The van der Waals surface area contributed by atoms with E-state index >= 15 is 0 Å². The summed E-state index contributed by atoms with van der Waals surface area (Å²) in [6.07, 6.45) is 0. The van der Waals surface area contributed by atoms with Crippen LogP contribution in [0.1, 0.15) is 12.5 Å². The highest BCUT2D eigenvalue weighted by atomic mass is 16.5. The second kappa shape index (κ2) is 6.45. The van der Waals surface area contributed by atoms with E-state index in [0.717, 1.165) is 24.3 Å². The fourth-order valence-electron chi connectivity index (χ4n) is 2.19. The lowest BCUT2D eigenvalue weighted by atomic mass is 10.0. The predicted molar refractivity (Wildman–Crippen MR) is 84.5 cm³/mol. The lowest BCUT2D eigenvalue weighted by Crippen LogP contribution is -2.59. The Morgan fingerprint density at radius 1 is 1.24 bits per heavy atom. The summed E-state index contributed by atoms with van der Waals surface area (Å²) >= 11 is 0. The largest absolute Gasteiger partial charge is 0.378 e. The maximum Gasteiger partial charge on any atom is 0.248 e. The maximum atomic E-state index is 12.1. The van der Waals surface area contributed by atoms with Crippen molar-refractivity contribution < 1.29 is 9.53 Å². The first-order valence-corrected chi connectivity index (χ1v) is 7.24. The monoisotopic (exact) mass is 291 g/mol. The minimum Gasteiger partial charge on any atom is -0.378 e. The second-order valence-corrected chi connectivity index (χ2v) is 6.15. The molecular weight excluding hydrogens is 266 g/mol. The number of carbonyl (C=O) groups is 1. The molecule has 1 aromatic carbocycles. The molecule has 1 heterocycles. The van der Waals surface area contributed by atoms with E-state index in [1.807, 2.05) is 28.1 Å². The Hall–Kier alpha value is -1.59. The Morgan fingerprint density at radius 3 is 2.33 bits per heavy atom. The Bertz CT molecular complexity index is 481. The van der Waals surface area contributed by atoms with E-state index in [0.29, 0.717) is 6.54 Å². The van der Waals surface area contributed by atoms with E-state index in [4.69, 9.17) is 4.74 Å². The molecule has 0 atom stereocenters. The summed E-state index contributed by atoms with van der Waals surface area (Å²) < 4.78 is 5.68. The number of nitrogens with one attached hydrogen (secondary N) is 1. The Balaban J connectivity index is 1.82. The molecular formula is C16H25N3O2. The van der Waals surface area contributed by atoms with Crippen LogP contribution in [-0.2, 0) is 16.1 Å². The van der Waals surface area contributed by atoms with Crippen molar-refractivity contribution in [2.75, 3.05) is 45.7 Å². The molecule has 5 heteroatoms. The van der Waals surface area contributed by atoms with Crippen molar-refractivity contribution in [2.45, 2.75) is 19.1 Å². The molecule has 21 heavy (non-hydrogen) atoms. The molecule has 0 bridgehead atoms. The predicted octanol–water partition coefficient (Wildman–Crippen LogP) is 1.09. The van der Waals surface area contributed by atoms with Crippen molar-refractivity contribution >= 4 is 11.6 Å². The molecule has 1 aromatic rings. The van der Waals surface area contributed by atoms with E-state index in [1.165, 1.54) is 0 Å². The summed E-state index contributed by atoms with van der Waals surface area (Å²) in [5.41, 5.74) is 2.10. The summed E-state index contributed by atoms with van der Waals surface area (Å²) in [4.78, 5) is 15.8. The van der Waals surface area contributed by atoms with Gasteiger partial charge in [-0.1, -0.05) is 12.1 Å². The lowest BCUT2D eigenvalue weighted by Gasteiger charge is -2.39. The number of rotatable bonds is 6. The fraction of sp³-hybridized carbons (Fsp3) is 0.562. The highest BCUT2D eigenvalue weighted by Gasteiger charge is 2.33. The van der Waals surface area contributed by atoms with Crippen LogP contribution in [0.25, 0.3) is 0 Å². The molecule has 1 saturated heterocycles. The molecule has 0 saturated carbocycles. The molecule has 1 aliphatic heterocycles. The van der Waals surface area contributed by atoms with Crippen LogP contribution in [0.4, 0.5) is 5.69 Å². The van der Waals surface area contributed by atoms with Gasteiger partial charge in [-0.05, 0) is 24.6 Å². The third kappa shape index (κ3) is 4.19. The standard InChI is InChI=1S/C16H25N3O2/c1-16(11-17-12-16)21-10-15(20)19(4)9-13-5-7-14(8-6-13)18(2)3/h5-8,17H,9-12H2,1-4H3. The van der Waals surface area contributed by atoms with Crippen molar-refractivity contribution in [1.82, 2.24) is 10.2 Å². The topological polar surface area (TPSA) is 44.8 Å². The number of nitrogens with zero attached hydrogens (tertiary/aromatic N) is 2. The van der Waals surface area contributed by atoms with Crippen LogP contribution in [0.2, 0.25) is 0 Å². The SMILES string of the molecule is CN(Cc1ccc(N(C)C)cc1)C(=O)COC1(C)CNC1. The van der Waals surface area contributed by atoms with Crippen LogP contribution in [-0.4, -0.2) is 57.2 Å². The molecule has 5 nitrogen and oxygen atoms in total. The zero-order valence-electron chi connectivity index (χ0n) is 13.3. The third-order valence-electron chi connectivity index (χ3n) is 3.84. The van der Waals surface area contributed by atoms with Gasteiger partial charge in [-0.25, -0.2) is 0 Å². The molecule has 1 amide bonds. The minimum atomic E-state index is -0.177. The van der Waals surface area contributed by atoms with Crippen molar-refractivity contribution in [1.29, 1.82) is 0 Å². The number of likely N-dealkylation sites (N-methyl/N-ethyl adjacent to an activating group) is 1. The summed E-state index contributed by atoms with van der Waals surface area (Å²) in [5, 5.41) is 3.15. The van der Waals surface area contributed by atoms with Gasteiger partial charge >= 0.3 is 0 Å². The van der Waals surface area contributed by atoms with Gasteiger partial charge in [0.05, 0.1) is 5.60 Å². The second-order valence-electron chi connectivity index (χ2n) is 6.15. The molecule has 0 spiro atoms. The Labute approximate surface area is 126 Å². The van der Waals surface area contributed by atoms with Gasteiger partial charge < -0.3 is 19.9 Å². The van der Waals surface area contributed by atoms with Gasteiger partial charge in [-0.15, -0.1) is 0 Å². The van der Waals surface area contributed by atoms with Crippen LogP contribution in [0.5, 0.6) is 0 Å².